The first kappa shape index (κ1) is 14.5. The Hall–Kier alpha value is -1.95. The van der Waals surface area contributed by atoms with Crippen LogP contribution >= 0.6 is 0 Å². The highest BCUT2D eigenvalue weighted by Gasteiger charge is 2.18. The van der Waals surface area contributed by atoms with Crippen LogP contribution in [0, 0.1) is 5.92 Å². The summed E-state index contributed by atoms with van der Waals surface area (Å²) < 4.78 is 0. The lowest BCUT2D eigenvalue weighted by Gasteiger charge is -2.17. The van der Waals surface area contributed by atoms with Crippen LogP contribution in [0.5, 0.6) is 0 Å². The first-order valence-electron chi connectivity index (χ1n) is 6.82. The number of carboxylic acids is 1. The highest BCUT2D eigenvalue weighted by Crippen LogP contribution is 2.12. The van der Waals surface area contributed by atoms with Crippen molar-refractivity contribution in [2.45, 2.75) is 26.3 Å². The van der Waals surface area contributed by atoms with Crippen molar-refractivity contribution in [1.82, 2.24) is 15.6 Å². The molecule has 2 rings (SSSR count). The fraction of sp³-hybridized carbons (Fsp3) is 0.500. The van der Waals surface area contributed by atoms with Gasteiger partial charge in [-0.05, 0) is 31.0 Å². The number of amides is 1. The second-order valence-corrected chi connectivity index (χ2v) is 4.88. The number of carbonyl (C=O) groups is 2. The van der Waals surface area contributed by atoms with E-state index >= 15 is 0 Å². The van der Waals surface area contributed by atoms with Gasteiger partial charge in [-0.3, -0.25) is 9.59 Å². The molecule has 1 aromatic heterocycles. The summed E-state index contributed by atoms with van der Waals surface area (Å²) in [5, 5.41) is 14.8. The Labute approximate surface area is 117 Å². The summed E-state index contributed by atoms with van der Waals surface area (Å²) in [5.74, 6) is -1.77. The zero-order valence-corrected chi connectivity index (χ0v) is 11.5. The minimum Gasteiger partial charge on any atom is -0.481 e. The number of rotatable bonds is 5. The molecule has 3 N–H and O–H groups in total. The number of nitrogens with one attached hydrogen (secondary N) is 2. The van der Waals surface area contributed by atoms with E-state index in [-0.39, 0.29) is 12.5 Å². The average Bonchev–Trinajstić information content (AvgIpc) is 2.46. The molecular weight excluding hydrogens is 258 g/mol. The van der Waals surface area contributed by atoms with Gasteiger partial charge in [-0.1, -0.05) is 13.0 Å². The fourth-order valence-electron chi connectivity index (χ4n) is 2.18. The summed E-state index contributed by atoms with van der Waals surface area (Å²) in [6, 6.07) is 3.62. The van der Waals surface area contributed by atoms with Gasteiger partial charge in [0, 0.05) is 13.1 Å². The number of hydrogen-bond acceptors (Lipinski definition) is 4. The van der Waals surface area contributed by atoms with Gasteiger partial charge in [-0.2, -0.15) is 0 Å². The second-order valence-electron chi connectivity index (χ2n) is 4.88. The number of pyridine rings is 1. The van der Waals surface area contributed by atoms with E-state index in [9.17, 15) is 9.59 Å². The molecule has 2 heterocycles. The third-order valence-electron chi connectivity index (χ3n) is 3.52. The number of aromatic nitrogens is 1. The van der Waals surface area contributed by atoms with Gasteiger partial charge in [0.1, 0.15) is 5.69 Å². The third-order valence-corrected chi connectivity index (χ3v) is 3.52. The standard InChI is InChI=1S/C14H19N3O3/c1-2-9(14(19)20)7-16-13(18)11-4-3-10-5-6-15-8-12(10)17-11/h3-4,9,15H,2,5-8H2,1H3,(H,16,18)(H,19,20). The van der Waals surface area contributed by atoms with Crippen molar-refractivity contribution in [1.29, 1.82) is 0 Å². The lowest BCUT2D eigenvalue weighted by molar-refractivity contribution is -0.141. The van der Waals surface area contributed by atoms with Gasteiger partial charge in [-0.15, -0.1) is 0 Å². The Morgan fingerprint density at radius 1 is 1.50 bits per heavy atom. The minimum atomic E-state index is -0.893. The molecule has 1 aliphatic heterocycles. The van der Waals surface area contributed by atoms with Gasteiger partial charge in [-0.25, -0.2) is 4.98 Å². The van der Waals surface area contributed by atoms with E-state index in [4.69, 9.17) is 5.11 Å². The molecule has 0 spiro atoms. The summed E-state index contributed by atoms with van der Waals surface area (Å²) in [6.45, 7) is 3.51. The molecule has 6 heteroatoms. The van der Waals surface area contributed by atoms with Gasteiger partial charge in [0.05, 0.1) is 11.6 Å². The molecule has 0 aliphatic carbocycles. The average molecular weight is 277 g/mol. The highest BCUT2D eigenvalue weighted by molar-refractivity contribution is 5.92. The Morgan fingerprint density at radius 2 is 2.30 bits per heavy atom. The Bertz CT molecular complexity index is 516. The van der Waals surface area contributed by atoms with Gasteiger partial charge < -0.3 is 15.7 Å². The van der Waals surface area contributed by atoms with Crippen LogP contribution in [-0.2, 0) is 17.8 Å². The topological polar surface area (TPSA) is 91.3 Å². The summed E-state index contributed by atoms with van der Waals surface area (Å²) >= 11 is 0. The Kier molecular flexibility index (Phi) is 4.68. The number of hydrogen-bond donors (Lipinski definition) is 3. The lowest BCUT2D eigenvalue weighted by atomic mass is 10.1. The molecule has 1 atom stereocenters. The van der Waals surface area contributed by atoms with Crippen molar-refractivity contribution < 1.29 is 14.7 Å². The Morgan fingerprint density at radius 3 is 3.00 bits per heavy atom. The predicted octanol–water partition coefficient (Wildman–Crippen LogP) is 0.568. The highest BCUT2D eigenvalue weighted by atomic mass is 16.4. The van der Waals surface area contributed by atoms with E-state index in [1.807, 2.05) is 6.07 Å². The van der Waals surface area contributed by atoms with Crippen LogP contribution < -0.4 is 10.6 Å². The quantitative estimate of drug-likeness (QED) is 0.732. The fourth-order valence-corrected chi connectivity index (χ4v) is 2.18. The molecule has 0 saturated carbocycles. The van der Waals surface area contributed by atoms with Gasteiger partial charge >= 0.3 is 5.97 Å². The van der Waals surface area contributed by atoms with E-state index in [0.717, 1.165) is 24.2 Å². The summed E-state index contributed by atoms with van der Waals surface area (Å²) in [4.78, 5) is 27.2. The number of carboxylic acid groups (broad SMARTS) is 1. The summed E-state index contributed by atoms with van der Waals surface area (Å²) in [5.41, 5.74) is 2.40. The van der Waals surface area contributed by atoms with Crippen LogP contribution in [0.2, 0.25) is 0 Å². The van der Waals surface area contributed by atoms with Gasteiger partial charge in [0.15, 0.2) is 0 Å². The van der Waals surface area contributed by atoms with E-state index < -0.39 is 11.9 Å². The lowest BCUT2D eigenvalue weighted by Crippen LogP contribution is -2.33. The van der Waals surface area contributed by atoms with Crippen LogP contribution in [0.15, 0.2) is 12.1 Å². The number of nitrogens with zero attached hydrogens (tertiary/aromatic N) is 1. The second kappa shape index (κ2) is 6.47. The molecule has 1 aromatic rings. The van der Waals surface area contributed by atoms with Crippen molar-refractivity contribution in [3.8, 4) is 0 Å². The third kappa shape index (κ3) is 3.33. The number of aliphatic carboxylic acids is 1. The minimum absolute atomic E-state index is 0.127. The van der Waals surface area contributed by atoms with Crippen LogP contribution in [0.3, 0.4) is 0 Å². The smallest absolute Gasteiger partial charge is 0.308 e. The molecule has 0 saturated heterocycles. The van der Waals surface area contributed by atoms with Crippen LogP contribution in [0.1, 0.15) is 35.1 Å². The monoisotopic (exact) mass is 277 g/mol. The molecule has 1 aliphatic rings. The molecule has 20 heavy (non-hydrogen) atoms. The zero-order valence-electron chi connectivity index (χ0n) is 11.5. The van der Waals surface area contributed by atoms with Crippen molar-refractivity contribution in [3.63, 3.8) is 0 Å². The normalized spacial score (nSPS) is 15.2. The number of carbonyl (C=O) groups excluding carboxylic acids is 1. The maximum Gasteiger partial charge on any atom is 0.308 e. The molecule has 0 fully saturated rings. The largest absolute Gasteiger partial charge is 0.481 e. The van der Waals surface area contributed by atoms with E-state index in [2.05, 4.69) is 15.6 Å². The molecule has 0 bridgehead atoms. The molecule has 1 amide bonds. The van der Waals surface area contributed by atoms with Crippen molar-refractivity contribution in [2.75, 3.05) is 13.1 Å². The maximum atomic E-state index is 12.0. The summed E-state index contributed by atoms with van der Waals surface area (Å²) in [7, 11) is 0. The molecular formula is C14H19N3O3. The molecule has 0 radical (unpaired) electrons. The van der Waals surface area contributed by atoms with Crippen molar-refractivity contribution >= 4 is 11.9 Å². The van der Waals surface area contributed by atoms with E-state index in [1.54, 1.807) is 13.0 Å². The Balaban J connectivity index is 2.00. The van der Waals surface area contributed by atoms with Crippen LogP contribution in [0.4, 0.5) is 0 Å². The molecule has 108 valence electrons. The molecule has 6 nitrogen and oxygen atoms in total. The first-order chi connectivity index (χ1) is 9.61. The van der Waals surface area contributed by atoms with Gasteiger partial charge in [0.25, 0.3) is 5.91 Å². The number of fused-ring (bicyclic) bond motifs is 1. The molecule has 0 aromatic carbocycles. The summed E-state index contributed by atoms with van der Waals surface area (Å²) in [6.07, 6.45) is 1.40. The first-order valence-corrected chi connectivity index (χ1v) is 6.82. The van der Waals surface area contributed by atoms with Crippen molar-refractivity contribution in [3.05, 3.63) is 29.1 Å². The van der Waals surface area contributed by atoms with E-state index in [0.29, 0.717) is 18.7 Å². The molecule has 1 unspecified atom stereocenters. The van der Waals surface area contributed by atoms with Crippen LogP contribution in [0.25, 0.3) is 0 Å². The maximum absolute atomic E-state index is 12.0. The van der Waals surface area contributed by atoms with Crippen molar-refractivity contribution in [2.24, 2.45) is 5.92 Å². The van der Waals surface area contributed by atoms with E-state index in [1.165, 1.54) is 0 Å². The zero-order chi connectivity index (χ0) is 14.5. The SMILES string of the molecule is CCC(CNC(=O)c1ccc2c(n1)CNCC2)C(=O)O. The predicted molar refractivity (Wildman–Crippen MR) is 73.4 cm³/mol. The van der Waals surface area contributed by atoms with Crippen LogP contribution in [-0.4, -0.2) is 35.1 Å². The van der Waals surface area contributed by atoms with Gasteiger partial charge in [0.2, 0.25) is 0 Å².